The van der Waals surface area contributed by atoms with Crippen LogP contribution < -0.4 is 0 Å². The van der Waals surface area contributed by atoms with Gasteiger partial charge in [0, 0.05) is 19.7 Å². The number of aliphatic hydroxyl groups is 1. The minimum absolute atomic E-state index is 0.258. The van der Waals surface area contributed by atoms with Crippen LogP contribution in [0.5, 0.6) is 0 Å². The van der Waals surface area contributed by atoms with Crippen LogP contribution in [-0.4, -0.2) is 40.9 Å². The largest absolute Gasteiger partial charge is 0.465 e. The highest BCUT2D eigenvalue weighted by Gasteiger charge is 2.22. The smallest absolute Gasteiger partial charge is 0.407 e. The molecule has 0 bridgehead atoms. The SMILES string of the molecule is CC(CO)CCC1CCN(C(=O)O)CC1. The Kier molecular flexibility index (Phi) is 4.88. The average molecular weight is 215 g/mol. The Morgan fingerprint density at radius 3 is 2.53 bits per heavy atom. The molecule has 0 saturated carbocycles. The molecule has 0 aromatic carbocycles. The Labute approximate surface area is 90.9 Å². The number of hydrogen-bond acceptors (Lipinski definition) is 2. The molecule has 0 radical (unpaired) electrons. The first kappa shape index (κ1) is 12.3. The molecule has 4 heteroatoms. The second kappa shape index (κ2) is 5.95. The summed E-state index contributed by atoms with van der Waals surface area (Å²) in [5.41, 5.74) is 0. The lowest BCUT2D eigenvalue weighted by Crippen LogP contribution is -2.37. The van der Waals surface area contributed by atoms with Crippen LogP contribution in [-0.2, 0) is 0 Å². The summed E-state index contributed by atoms with van der Waals surface area (Å²) in [6.45, 7) is 3.65. The molecule has 0 aromatic heterocycles. The third kappa shape index (κ3) is 4.08. The summed E-state index contributed by atoms with van der Waals surface area (Å²) in [6.07, 6.45) is 3.33. The molecule has 1 fully saturated rings. The minimum atomic E-state index is -0.794. The zero-order valence-electron chi connectivity index (χ0n) is 9.35. The lowest BCUT2D eigenvalue weighted by molar-refractivity contribution is 0.121. The van der Waals surface area contributed by atoms with Crippen LogP contribution in [0, 0.1) is 11.8 Å². The van der Waals surface area contributed by atoms with Gasteiger partial charge in [0.25, 0.3) is 0 Å². The van der Waals surface area contributed by atoms with E-state index in [2.05, 4.69) is 0 Å². The summed E-state index contributed by atoms with van der Waals surface area (Å²) >= 11 is 0. The summed E-state index contributed by atoms with van der Waals surface area (Å²) in [4.78, 5) is 12.2. The van der Waals surface area contributed by atoms with Crippen LogP contribution in [0.25, 0.3) is 0 Å². The van der Waals surface area contributed by atoms with E-state index in [9.17, 15) is 4.79 Å². The van der Waals surface area contributed by atoms with E-state index in [1.807, 2.05) is 6.92 Å². The molecule has 15 heavy (non-hydrogen) atoms. The van der Waals surface area contributed by atoms with Crippen LogP contribution >= 0.6 is 0 Å². The maximum absolute atomic E-state index is 10.7. The van der Waals surface area contributed by atoms with Crippen molar-refractivity contribution < 1.29 is 15.0 Å². The van der Waals surface area contributed by atoms with E-state index in [1.54, 1.807) is 0 Å². The molecule has 1 amide bonds. The monoisotopic (exact) mass is 215 g/mol. The Hall–Kier alpha value is -0.770. The molecule has 1 saturated heterocycles. The number of carbonyl (C=O) groups is 1. The molecule has 1 unspecified atom stereocenters. The molecule has 4 nitrogen and oxygen atoms in total. The minimum Gasteiger partial charge on any atom is -0.465 e. The van der Waals surface area contributed by atoms with E-state index in [1.165, 1.54) is 4.90 Å². The molecule has 88 valence electrons. The fraction of sp³-hybridized carbons (Fsp3) is 0.909. The first-order valence-electron chi connectivity index (χ1n) is 5.72. The van der Waals surface area contributed by atoms with Gasteiger partial charge in [-0.05, 0) is 37.5 Å². The average Bonchev–Trinajstić information content (AvgIpc) is 2.26. The zero-order valence-corrected chi connectivity index (χ0v) is 9.35. The van der Waals surface area contributed by atoms with E-state index in [0.29, 0.717) is 24.9 Å². The summed E-state index contributed by atoms with van der Waals surface area (Å²) in [5, 5.41) is 17.7. The van der Waals surface area contributed by atoms with Gasteiger partial charge < -0.3 is 15.1 Å². The lowest BCUT2D eigenvalue weighted by atomic mass is 9.89. The van der Waals surface area contributed by atoms with Crippen molar-refractivity contribution in [3.8, 4) is 0 Å². The molecule has 0 spiro atoms. The highest BCUT2D eigenvalue weighted by atomic mass is 16.4. The van der Waals surface area contributed by atoms with Crippen molar-refractivity contribution in [2.45, 2.75) is 32.6 Å². The van der Waals surface area contributed by atoms with Gasteiger partial charge in [-0.25, -0.2) is 4.79 Å². The van der Waals surface area contributed by atoms with E-state index >= 15 is 0 Å². The first-order chi connectivity index (χ1) is 7.13. The van der Waals surface area contributed by atoms with Gasteiger partial charge in [-0.15, -0.1) is 0 Å². The van der Waals surface area contributed by atoms with Crippen LogP contribution in [0.3, 0.4) is 0 Å². The van der Waals surface area contributed by atoms with Gasteiger partial charge in [-0.3, -0.25) is 0 Å². The van der Waals surface area contributed by atoms with Crippen LogP contribution in [0.1, 0.15) is 32.6 Å². The standard InChI is InChI=1S/C11H21NO3/c1-9(8-13)2-3-10-4-6-12(7-5-10)11(14)15/h9-10,13H,2-8H2,1H3,(H,14,15). The number of rotatable bonds is 4. The molecule has 1 rings (SSSR count). The van der Waals surface area contributed by atoms with Gasteiger partial charge in [0.1, 0.15) is 0 Å². The van der Waals surface area contributed by atoms with E-state index in [0.717, 1.165) is 25.7 Å². The molecule has 2 N–H and O–H groups in total. The summed E-state index contributed by atoms with van der Waals surface area (Å²) in [7, 11) is 0. The normalized spacial score (nSPS) is 20.3. The number of hydrogen-bond donors (Lipinski definition) is 2. The van der Waals surface area contributed by atoms with E-state index in [4.69, 9.17) is 10.2 Å². The Morgan fingerprint density at radius 2 is 2.07 bits per heavy atom. The van der Waals surface area contributed by atoms with Crippen LogP contribution in [0.2, 0.25) is 0 Å². The van der Waals surface area contributed by atoms with E-state index < -0.39 is 6.09 Å². The van der Waals surface area contributed by atoms with Crippen molar-refractivity contribution in [2.24, 2.45) is 11.8 Å². The number of carboxylic acid groups (broad SMARTS) is 1. The number of nitrogens with zero attached hydrogens (tertiary/aromatic N) is 1. The topological polar surface area (TPSA) is 60.8 Å². The second-order valence-electron chi connectivity index (χ2n) is 4.58. The van der Waals surface area contributed by atoms with Gasteiger partial charge in [-0.2, -0.15) is 0 Å². The van der Waals surface area contributed by atoms with Crippen molar-refractivity contribution in [2.75, 3.05) is 19.7 Å². The number of amides is 1. The summed E-state index contributed by atoms with van der Waals surface area (Å²) in [6, 6.07) is 0. The van der Waals surface area contributed by atoms with Crippen molar-refractivity contribution >= 4 is 6.09 Å². The third-order valence-corrected chi connectivity index (χ3v) is 3.26. The number of aliphatic hydroxyl groups excluding tert-OH is 1. The van der Waals surface area contributed by atoms with Gasteiger partial charge in [0.05, 0.1) is 0 Å². The molecule has 1 atom stereocenters. The second-order valence-corrected chi connectivity index (χ2v) is 4.58. The van der Waals surface area contributed by atoms with Crippen molar-refractivity contribution in [3.05, 3.63) is 0 Å². The van der Waals surface area contributed by atoms with Crippen molar-refractivity contribution in [1.29, 1.82) is 0 Å². The fourth-order valence-corrected chi connectivity index (χ4v) is 2.02. The third-order valence-electron chi connectivity index (χ3n) is 3.26. The molecule has 1 heterocycles. The highest BCUT2D eigenvalue weighted by molar-refractivity contribution is 5.64. The molecule has 1 aliphatic heterocycles. The predicted molar refractivity (Wildman–Crippen MR) is 57.8 cm³/mol. The maximum atomic E-state index is 10.7. The first-order valence-corrected chi connectivity index (χ1v) is 5.72. The van der Waals surface area contributed by atoms with Gasteiger partial charge in [0.2, 0.25) is 0 Å². The summed E-state index contributed by atoms with van der Waals surface area (Å²) in [5.74, 6) is 1.03. The lowest BCUT2D eigenvalue weighted by Gasteiger charge is -2.30. The molecule has 0 aliphatic carbocycles. The van der Waals surface area contributed by atoms with Gasteiger partial charge in [0.15, 0.2) is 0 Å². The Balaban J connectivity index is 2.17. The maximum Gasteiger partial charge on any atom is 0.407 e. The molecular formula is C11H21NO3. The molecule has 1 aliphatic rings. The zero-order chi connectivity index (χ0) is 11.3. The van der Waals surface area contributed by atoms with Crippen LogP contribution in [0.4, 0.5) is 4.79 Å². The Bertz CT molecular complexity index is 200. The highest BCUT2D eigenvalue weighted by Crippen LogP contribution is 2.23. The summed E-state index contributed by atoms with van der Waals surface area (Å²) < 4.78 is 0. The van der Waals surface area contributed by atoms with E-state index in [-0.39, 0.29) is 6.61 Å². The quantitative estimate of drug-likeness (QED) is 0.751. The fourth-order valence-electron chi connectivity index (χ4n) is 2.02. The van der Waals surface area contributed by atoms with Crippen molar-refractivity contribution in [3.63, 3.8) is 0 Å². The van der Waals surface area contributed by atoms with Crippen molar-refractivity contribution in [1.82, 2.24) is 4.90 Å². The molecule has 0 aromatic rings. The molecular weight excluding hydrogens is 194 g/mol. The van der Waals surface area contributed by atoms with Gasteiger partial charge >= 0.3 is 6.09 Å². The number of piperidine rings is 1. The predicted octanol–water partition coefficient (Wildman–Crippen LogP) is 1.79. The number of likely N-dealkylation sites (tertiary alicyclic amines) is 1. The van der Waals surface area contributed by atoms with Gasteiger partial charge in [-0.1, -0.05) is 6.92 Å². The van der Waals surface area contributed by atoms with Crippen LogP contribution in [0.15, 0.2) is 0 Å². The Morgan fingerprint density at radius 1 is 1.47 bits per heavy atom.